The normalized spacial score (nSPS) is 12.0. The van der Waals surface area contributed by atoms with E-state index < -0.39 is 0 Å². The molecule has 0 saturated heterocycles. The van der Waals surface area contributed by atoms with Crippen molar-refractivity contribution in [2.75, 3.05) is 6.61 Å². The minimum Gasteiger partial charge on any atom is -0.494 e. The van der Waals surface area contributed by atoms with Crippen molar-refractivity contribution < 1.29 is 4.74 Å². The molecule has 9 aromatic rings. The number of unbranched alkanes of at least 4 members (excludes halogenated alkanes) is 2. The minimum absolute atomic E-state index is 0.683. The second kappa shape index (κ2) is 18.5. The Morgan fingerprint density at radius 3 is 1.28 bits per heavy atom. The van der Waals surface area contributed by atoms with Crippen molar-refractivity contribution in [1.29, 1.82) is 0 Å². The molecule has 0 atom stereocenters. The molecule has 328 valence electrons. The summed E-state index contributed by atoms with van der Waals surface area (Å²) in [5.74, 6) is 0.867. The van der Waals surface area contributed by atoms with Gasteiger partial charge in [-0.15, -0.1) is 22.7 Å². The topological polar surface area (TPSA) is 66.6 Å². The fourth-order valence-corrected chi connectivity index (χ4v) is 11.1. The van der Waals surface area contributed by atoms with Crippen molar-refractivity contribution in [3.05, 3.63) is 195 Å². The van der Waals surface area contributed by atoms with E-state index in [2.05, 4.69) is 205 Å². The van der Waals surface area contributed by atoms with E-state index in [1.165, 1.54) is 32.0 Å². The average Bonchev–Trinajstić information content (AvgIpc) is 4.21. The molecule has 0 radical (unpaired) electrons. The zero-order valence-electron chi connectivity index (χ0n) is 37.9. The van der Waals surface area contributed by atoms with Gasteiger partial charge in [-0.25, -0.2) is 9.97 Å². The van der Waals surface area contributed by atoms with E-state index in [1.54, 1.807) is 0 Å². The number of H-pyrrole nitrogens is 2. The maximum atomic E-state index is 6.35. The second-order valence-electron chi connectivity index (χ2n) is 17.5. The number of benzene rings is 4. The fraction of sp³-hybridized carbons (Fsp3) is 0.133. The number of nitrogens with zero attached hydrogens (tertiary/aromatic N) is 2. The van der Waals surface area contributed by atoms with Gasteiger partial charge in [-0.2, -0.15) is 0 Å². The van der Waals surface area contributed by atoms with Gasteiger partial charge in [-0.05, 0) is 158 Å². The first kappa shape index (κ1) is 42.3. The SMILES string of the molecule is Cc1ccc(-c2c3nc(c(-c4ccc(C)cc4)c4ccc([nH]4)c(-c4ccc(OCCCCCc5ccsc5-c5cccs5)cc4)c4nc(c(-c5ccc(C)cc5)c5ccc2[nH]5)C=C4)C=C3)cc1. The molecule has 0 fully saturated rings. The Kier molecular flexibility index (Phi) is 11.7. The molecule has 2 aliphatic heterocycles. The number of rotatable bonds is 12. The first-order chi connectivity index (χ1) is 32.9. The van der Waals surface area contributed by atoms with E-state index in [-0.39, 0.29) is 0 Å². The van der Waals surface area contributed by atoms with Crippen LogP contribution in [0.5, 0.6) is 5.75 Å². The summed E-state index contributed by atoms with van der Waals surface area (Å²) in [6.45, 7) is 7.06. The molecule has 8 bridgehead atoms. The summed E-state index contributed by atoms with van der Waals surface area (Å²) in [6.07, 6.45) is 13.0. The second-order valence-corrected chi connectivity index (χ2v) is 19.4. The van der Waals surface area contributed by atoms with E-state index in [0.717, 1.165) is 121 Å². The first-order valence-electron chi connectivity index (χ1n) is 23.1. The highest BCUT2D eigenvalue weighted by Gasteiger charge is 2.19. The monoisotopic (exact) mass is 906 g/mol. The van der Waals surface area contributed by atoms with Crippen molar-refractivity contribution in [3.8, 4) is 60.0 Å². The number of aromatic amines is 2. The van der Waals surface area contributed by atoms with E-state index in [4.69, 9.17) is 14.7 Å². The van der Waals surface area contributed by atoms with Gasteiger partial charge in [0.05, 0.1) is 29.4 Å². The molecule has 0 spiro atoms. The standard InChI is InChI=1S/C60H50N4OS2/c1-38-10-16-41(17-11-38)56-47-26-28-49(61-47)57(42-18-12-39(2)13-19-42)51-30-32-53(63-51)59(54-33-31-52(64-54)58(50-29-27-48(56)62-50)43-20-14-40(3)15-21-43)44-22-24-46(25-23-44)65-35-6-4-5-8-45-34-37-67-60(45)55-9-7-36-66-55/h7,9-34,36-37,61,64H,4-6,8,35H2,1-3H3. The molecule has 4 aromatic carbocycles. The summed E-state index contributed by atoms with van der Waals surface area (Å²) in [6, 6.07) is 50.1. The van der Waals surface area contributed by atoms with Gasteiger partial charge < -0.3 is 14.7 Å². The lowest BCUT2D eigenvalue weighted by Crippen LogP contribution is -1.98. The van der Waals surface area contributed by atoms with Gasteiger partial charge in [-0.1, -0.05) is 108 Å². The van der Waals surface area contributed by atoms with Crippen molar-refractivity contribution >= 4 is 69.0 Å². The van der Waals surface area contributed by atoms with E-state index in [9.17, 15) is 0 Å². The first-order valence-corrected chi connectivity index (χ1v) is 24.9. The quantitative estimate of drug-likeness (QED) is 0.120. The van der Waals surface area contributed by atoms with Crippen LogP contribution in [0.1, 0.15) is 64.3 Å². The Balaban J connectivity index is 1.02. The molecule has 5 aromatic heterocycles. The van der Waals surface area contributed by atoms with Crippen molar-refractivity contribution in [3.63, 3.8) is 0 Å². The molecule has 7 heterocycles. The van der Waals surface area contributed by atoms with Crippen LogP contribution in [0.3, 0.4) is 0 Å². The molecule has 67 heavy (non-hydrogen) atoms. The molecule has 5 nitrogen and oxygen atoms in total. The highest BCUT2D eigenvalue weighted by Crippen LogP contribution is 2.39. The third-order valence-corrected chi connectivity index (χ3v) is 14.8. The van der Waals surface area contributed by atoms with Crippen molar-refractivity contribution in [1.82, 2.24) is 19.9 Å². The average molecular weight is 907 g/mol. The Hall–Kier alpha value is -7.32. The zero-order chi connectivity index (χ0) is 45.3. The third kappa shape index (κ3) is 8.76. The minimum atomic E-state index is 0.683. The third-order valence-electron chi connectivity index (χ3n) is 12.8. The van der Waals surface area contributed by atoms with Gasteiger partial charge >= 0.3 is 0 Å². The van der Waals surface area contributed by atoms with Crippen LogP contribution in [0.4, 0.5) is 0 Å². The number of nitrogens with one attached hydrogen (secondary N) is 2. The summed E-state index contributed by atoms with van der Waals surface area (Å²) in [7, 11) is 0. The van der Waals surface area contributed by atoms with E-state index in [1.807, 2.05) is 22.7 Å². The molecule has 0 unspecified atom stereocenters. The van der Waals surface area contributed by atoms with Crippen molar-refractivity contribution in [2.45, 2.75) is 46.5 Å². The Morgan fingerprint density at radius 1 is 0.433 bits per heavy atom. The molecular formula is C60H50N4OS2. The number of aromatic nitrogens is 4. The highest BCUT2D eigenvalue weighted by atomic mass is 32.1. The molecule has 0 aliphatic carbocycles. The number of hydrogen-bond acceptors (Lipinski definition) is 5. The van der Waals surface area contributed by atoms with E-state index in [0.29, 0.717) is 6.61 Å². The number of thiophene rings is 2. The van der Waals surface area contributed by atoms with E-state index >= 15 is 0 Å². The lowest BCUT2D eigenvalue weighted by Gasteiger charge is -2.09. The number of hydrogen-bond donors (Lipinski definition) is 2. The Bertz CT molecular complexity index is 3420. The van der Waals surface area contributed by atoms with Crippen LogP contribution < -0.4 is 4.74 Å². The number of aryl methyl sites for hydroxylation is 4. The van der Waals surface area contributed by atoms with Crippen LogP contribution >= 0.6 is 22.7 Å². The van der Waals surface area contributed by atoms with Gasteiger partial charge in [0.1, 0.15) is 5.75 Å². The molecule has 7 heteroatoms. The summed E-state index contributed by atoms with van der Waals surface area (Å²) < 4.78 is 6.35. The largest absolute Gasteiger partial charge is 0.494 e. The Labute approximate surface area is 399 Å². The van der Waals surface area contributed by atoms with Gasteiger partial charge in [0.25, 0.3) is 0 Å². The molecule has 0 saturated carbocycles. The predicted molar refractivity (Wildman–Crippen MR) is 285 cm³/mol. The Morgan fingerprint density at radius 2 is 0.866 bits per heavy atom. The molecule has 2 aliphatic rings. The molecule has 2 N–H and O–H groups in total. The fourth-order valence-electron chi connectivity index (χ4n) is 9.24. The van der Waals surface area contributed by atoms with Crippen LogP contribution in [0.2, 0.25) is 0 Å². The van der Waals surface area contributed by atoms with Crippen LogP contribution in [0.15, 0.2) is 150 Å². The van der Waals surface area contributed by atoms with Gasteiger partial charge in [0.15, 0.2) is 0 Å². The van der Waals surface area contributed by atoms with Gasteiger partial charge in [-0.3, -0.25) is 0 Å². The predicted octanol–water partition coefficient (Wildman–Crippen LogP) is 16.8. The molecule has 0 amide bonds. The molecular weight excluding hydrogens is 857 g/mol. The van der Waals surface area contributed by atoms with Crippen LogP contribution in [0, 0.1) is 20.8 Å². The van der Waals surface area contributed by atoms with Gasteiger partial charge in [0.2, 0.25) is 0 Å². The summed E-state index contributed by atoms with van der Waals surface area (Å²) in [5, 5.41) is 4.38. The maximum absolute atomic E-state index is 6.35. The van der Waals surface area contributed by atoms with Crippen LogP contribution in [0.25, 0.3) is 101 Å². The summed E-state index contributed by atoms with van der Waals surface area (Å²) in [5.41, 5.74) is 21.0. The van der Waals surface area contributed by atoms with Crippen LogP contribution in [-0.2, 0) is 6.42 Å². The van der Waals surface area contributed by atoms with Gasteiger partial charge in [0, 0.05) is 54.1 Å². The number of ether oxygens (including phenoxy) is 1. The lowest BCUT2D eigenvalue weighted by atomic mass is 10.0. The maximum Gasteiger partial charge on any atom is 0.119 e. The molecule has 11 rings (SSSR count). The van der Waals surface area contributed by atoms with Crippen LogP contribution in [-0.4, -0.2) is 26.5 Å². The summed E-state index contributed by atoms with van der Waals surface area (Å²) in [4.78, 5) is 21.5. The zero-order valence-corrected chi connectivity index (χ0v) is 39.5. The smallest absolute Gasteiger partial charge is 0.119 e. The number of fused-ring (bicyclic) bond motifs is 8. The highest BCUT2D eigenvalue weighted by molar-refractivity contribution is 7.20. The summed E-state index contributed by atoms with van der Waals surface area (Å²) >= 11 is 3.67. The lowest BCUT2D eigenvalue weighted by molar-refractivity contribution is 0.305. The van der Waals surface area contributed by atoms with Crippen molar-refractivity contribution in [2.24, 2.45) is 0 Å².